The van der Waals surface area contributed by atoms with Crippen molar-refractivity contribution >= 4 is 29.0 Å². The van der Waals surface area contributed by atoms with Crippen molar-refractivity contribution in [2.45, 2.75) is 19.9 Å². The van der Waals surface area contributed by atoms with Crippen molar-refractivity contribution in [1.82, 2.24) is 20.1 Å². The van der Waals surface area contributed by atoms with E-state index in [1.165, 1.54) is 16.7 Å². The van der Waals surface area contributed by atoms with Gasteiger partial charge in [-0.3, -0.25) is 4.68 Å². The fourth-order valence-electron chi connectivity index (χ4n) is 1.58. The van der Waals surface area contributed by atoms with Crippen LogP contribution in [0.2, 0.25) is 0 Å². The van der Waals surface area contributed by atoms with Crippen molar-refractivity contribution in [3.05, 3.63) is 28.5 Å². The molecule has 0 spiro atoms. The van der Waals surface area contributed by atoms with Gasteiger partial charge in [0.2, 0.25) is 0 Å². The van der Waals surface area contributed by atoms with Gasteiger partial charge in [-0.15, -0.1) is 11.3 Å². The van der Waals surface area contributed by atoms with Gasteiger partial charge in [0.05, 0.1) is 16.9 Å². The molecule has 2 amide bonds. The van der Waals surface area contributed by atoms with Crippen LogP contribution in [0.15, 0.2) is 17.8 Å². The van der Waals surface area contributed by atoms with E-state index in [0.29, 0.717) is 23.7 Å². The van der Waals surface area contributed by atoms with Crippen molar-refractivity contribution in [3.63, 3.8) is 0 Å². The molecule has 0 radical (unpaired) electrons. The first kappa shape index (κ1) is 15.0. The van der Waals surface area contributed by atoms with E-state index in [-0.39, 0.29) is 11.7 Å². The summed E-state index contributed by atoms with van der Waals surface area (Å²) in [7, 11) is 0. The summed E-state index contributed by atoms with van der Waals surface area (Å²) in [4.78, 5) is 26.3. The zero-order valence-corrected chi connectivity index (χ0v) is 12.2. The number of carbonyl (C=O) groups is 2. The summed E-state index contributed by atoms with van der Waals surface area (Å²) >= 11 is 1.26. The lowest BCUT2D eigenvalue weighted by Gasteiger charge is -2.04. The maximum Gasteiger partial charge on any atom is 0.355 e. The van der Waals surface area contributed by atoms with Gasteiger partial charge in [-0.05, 0) is 6.92 Å². The molecular formula is C12H15N5O3S. The minimum atomic E-state index is -1.05. The summed E-state index contributed by atoms with van der Waals surface area (Å²) in [6, 6.07) is -0.333. The van der Waals surface area contributed by atoms with Gasteiger partial charge in [-0.1, -0.05) is 0 Å². The summed E-state index contributed by atoms with van der Waals surface area (Å²) in [5.74, 6) is -1.05. The Morgan fingerprint density at radius 3 is 2.90 bits per heavy atom. The zero-order chi connectivity index (χ0) is 15.2. The van der Waals surface area contributed by atoms with Crippen molar-refractivity contribution in [2.75, 3.05) is 11.9 Å². The van der Waals surface area contributed by atoms with Crippen LogP contribution in [0.3, 0.4) is 0 Å². The molecule has 0 atom stereocenters. The van der Waals surface area contributed by atoms with E-state index in [4.69, 9.17) is 5.11 Å². The number of nitrogens with one attached hydrogen (secondary N) is 2. The second-order valence-corrected chi connectivity index (χ2v) is 5.09. The van der Waals surface area contributed by atoms with Crippen LogP contribution in [0.1, 0.15) is 22.4 Å². The van der Waals surface area contributed by atoms with Crippen molar-refractivity contribution < 1.29 is 14.7 Å². The smallest absolute Gasteiger partial charge is 0.355 e. The van der Waals surface area contributed by atoms with Crippen LogP contribution in [0, 0.1) is 0 Å². The number of anilines is 1. The number of urea groups is 1. The molecule has 0 fully saturated rings. The summed E-state index contributed by atoms with van der Waals surface area (Å²) in [5, 5.41) is 20.3. The van der Waals surface area contributed by atoms with Crippen molar-refractivity contribution in [3.8, 4) is 0 Å². The Labute approximate surface area is 124 Å². The Balaban J connectivity index is 1.74. The first-order valence-corrected chi connectivity index (χ1v) is 7.21. The van der Waals surface area contributed by atoms with Gasteiger partial charge in [0.1, 0.15) is 0 Å². The molecule has 8 nitrogen and oxygen atoms in total. The van der Waals surface area contributed by atoms with Gasteiger partial charge in [-0.2, -0.15) is 5.10 Å². The lowest BCUT2D eigenvalue weighted by atomic mass is 10.4. The molecule has 0 unspecified atom stereocenters. The highest BCUT2D eigenvalue weighted by Crippen LogP contribution is 2.10. The Hall–Kier alpha value is -2.42. The summed E-state index contributed by atoms with van der Waals surface area (Å²) < 4.78 is 1.71. The second kappa shape index (κ2) is 6.84. The van der Waals surface area contributed by atoms with E-state index in [9.17, 15) is 9.59 Å². The first-order valence-electron chi connectivity index (χ1n) is 6.33. The third-order valence-electron chi connectivity index (χ3n) is 2.61. The number of hydrogen-bond donors (Lipinski definition) is 3. The number of aromatic nitrogens is 3. The number of aromatic carboxylic acids is 1. The first-order chi connectivity index (χ1) is 10.1. The number of thiazole rings is 1. The predicted octanol–water partition coefficient (Wildman–Crippen LogP) is 1.42. The largest absolute Gasteiger partial charge is 0.476 e. The Kier molecular flexibility index (Phi) is 4.88. The van der Waals surface area contributed by atoms with Crippen LogP contribution in [-0.4, -0.2) is 38.4 Å². The molecule has 0 aliphatic rings. The minimum Gasteiger partial charge on any atom is -0.476 e. The van der Waals surface area contributed by atoms with Gasteiger partial charge < -0.3 is 15.7 Å². The molecule has 0 saturated carbocycles. The van der Waals surface area contributed by atoms with Crippen LogP contribution < -0.4 is 10.6 Å². The van der Waals surface area contributed by atoms with E-state index in [1.54, 1.807) is 17.1 Å². The standard InChI is InChI=1S/C12H15N5O3S/c1-2-17-6-8(5-14-17)15-12(20)13-4-3-10-16-9(7-21-10)11(18)19/h5-7H,2-4H2,1H3,(H,18,19)(H2,13,15,20). The van der Waals surface area contributed by atoms with Crippen LogP contribution >= 0.6 is 11.3 Å². The number of hydrogen-bond acceptors (Lipinski definition) is 5. The molecule has 2 rings (SSSR count). The van der Waals surface area contributed by atoms with E-state index in [2.05, 4.69) is 20.7 Å². The van der Waals surface area contributed by atoms with E-state index < -0.39 is 5.97 Å². The van der Waals surface area contributed by atoms with Crippen LogP contribution in [-0.2, 0) is 13.0 Å². The molecule has 21 heavy (non-hydrogen) atoms. The summed E-state index contributed by atoms with van der Waals surface area (Å²) in [6.45, 7) is 3.07. The molecule has 0 aromatic carbocycles. The SMILES string of the molecule is CCn1cc(NC(=O)NCCc2nc(C(=O)O)cs2)cn1. The minimum absolute atomic E-state index is 0.0337. The average Bonchev–Trinajstić information content (AvgIpc) is 3.07. The van der Waals surface area contributed by atoms with E-state index in [1.807, 2.05) is 6.92 Å². The van der Waals surface area contributed by atoms with Gasteiger partial charge in [0.15, 0.2) is 5.69 Å². The molecule has 0 aliphatic heterocycles. The predicted molar refractivity (Wildman–Crippen MR) is 77.7 cm³/mol. The molecule has 0 aliphatic carbocycles. The molecule has 2 heterocycles. The Bertz CT molecular complexity index is 636. The highest BCUT2D eigenvalue weighted by molar-refractivity contribution is 7.09. The van der Waals surface area contributed by atoms with Gasteiger partial charge in [-0.25, -0.2) is 14.6 Å². The number of carboxylic acid groups (broad SMARTS) is 1. The molecule has 0 bridgehead atoms. The summed E-state index contributed by atoms with van der Waals surface area (Å²) in [6.07, 6.45) is 3.79. The Morgan fingerprint density at radius 1 is 1.48 bits per heavy atom. The fourth-order valence-corrected chi connectivity index (χ4v) is 2.36. The number of rotatable bonds is 6. The second-order valence-electron chi connectivity index (χ2n) is 4.15. The maximum atomic E-state index is 11.6. The lowest BCUT2D eigenvalue weighted by Crippen LogP contribution is -2.30. The number of amides is 2. The highest BCUT2D eigenvalue weighted by atomic mass is 32.1. The summed E-state index contributed by atoms with van der Waals surface area (Å²) in [5.41, 5.74) is 0.656. The highest BCUT2D eigenvalue weighted by Gasteiger charge is 2.09. The van der Waals surface area contributed by atoms with Crippen LogP contribution in [0.4, 0.5) is 10.5 Å². The monoisotopic (exact) mass is 309 g/mol. The zero-order valence-electron chi connectivity index (χ0n) is 11.4. The molecule has 2 aromatic heterocycles. The number of nitrogens with zero attached hydrogens (tertiary/aromatic N) is 3. The maximum absolute atomic E-state index is 11.6. The molecular weight excluding hydrogens is 294 g/mol. The quantitative estimate of drug-likeness (QED) is 0.747. The Morgan fingerprint density at radius 2 is 2.29 bits per heavy atom. The number of carboxylic acids is 1. The fraction of sp³-hybridized carbons (Fsp3) is 0.333. The topological polar surface area (TPSA) is 109 Å². The molecule has 9 heteroatoms. The van der Waals surface area contributed by atoms with Gasteiger partial charge >= 0.3 is 12.0 Å². The van der Waals surface area contributed by atoms with E-state index in [0.717, 1.165) is 6.54 Å². The molecule has 2 aromatic rings. The number of carbonyl (C=O) groups excluding carboxylic acids is 1. The van der Waals surface area contributed by atoms with Crippen LogP contribution in [0.5, 0.6) is 0 Å². The van der Waals surface area contributed by atoms with Gasteiger partial charge in [0.25, 0.3) is 0 Å². The molecule has 0 saturated heterocycles. The van der Waals surface area contributed by atoms with E-state index >= 15 is 0 Å². The third-order valence-corrected chi connectivity index (χ3v) is 3.52. The molecule has 112 valence electrons. The van der Waals surface area contributed by atoms with Gasteiger partial charge in [0, 0.05) is 31.1 Å². The van der Waals surface area contributed by atoms with Crippen molar-refractivity contribution in [1.29, 1.82) is 0 Å². The molecule has 3 N–H and O–H groups in total. The number of aryl methyl sites for hydroxylation is 1. The third kappa shape index (κ3) is 4.28. The lowest BCUT2D eigenvalue weighted by molar-refractivity contribution is 0.0691. The average molecular weight is 309 g/mol. The normalized spacial score (nSPS) is 10.3. The van der Waals surface area contributed by atoms with Crippen LogP contribution in [0.25, 0.3) is 0 Å². The van der Waals surface area contributed by atoms with Crippen molar-refractivity contribution in [2.24, 2.45) is 0 Å².